The average molecular weight is 416 g/mol. The number of benzene rings is 2. The molecule has 0 radical (unpaired) electrons. The van der Waals surface area contributed by atoms with Crippen LogP contribution < -0.4 is 0 Å². The number of aliphatic hydroxyl groups is 1. The molecule has 3 aromatic rings. The molecule has 1 aromatic heterocycles. The first-order chi connectivity index (χ1) is 14.7. The highest BCUT2D eigenvalue weighted by atomic mass is 16.2. The maximum atomic E-state index is 10.4. The van der Waals surface area contributed by atoms with E-state index < -0.39 is 6.27 Å². The molecule has 0 fully saturated rings. The second kappa shape index (κ2) is 9.28. The van der Waals surface area contributed by atoms with Crippen molar-refractivity contribution < 1.29 is 5.11 Å². The summed E-state index contributed by atoms with van der Waals surface area (Å²) in [6, 6.07) is 13.1. The van der Waals surface area contributed by atoms with Gasteiger partial charge in [0.2, 0.25) is 0 Å². The van der Waals surface area contributed by atoms with Gasteiger partial charge in [0.25, 0.3) is 0 Å². The largest absolute Gasteiger partial charge is 0.467 e. The van der Waals surface area contributed by atoms with Gasteiger partial charge in [-0.3, -0.25) is 0 Å². The lowest BCUT2D eigenvalue weighted by molar-refractivity contribution is 0.450. The Kier molecular flexibility index (Phi) is 6.91. The van der Waals surface area contributed by atoms with E-state index >= 15 is 0 Å². The minimum absolute atomic E-state index is 0.379. The standard InChI is InChI=1S/C27H37BN2O/c1-18(2)22-11-9-12-23(19(3)4)26(22)29-15-16-30(28(29)17-31)27-24(20(5)6)13-10-14-25(27)21(7)8/h9-16,18-21,31H,1-8H3. The lowest BCUT2D eigenvalue weighted by Crippen LogP contribution is -2.17. The van der Waals surface area contributed by atoms with E-state index in [2.05, 4.69) is 119 Å². The molecule has 0 aliphatic carbocycles. The van der Waals surface area contributed by atoms with Crippen LogP contribution in [0, 0.1) is 6.15 Å². The number of rotatable bonds is 6. The maximum absolute atomic E-state index is 10.4. The van der Waals surface area contributed by atoms with Crippen LogP contribution in [0.5, 0.6) is 0 Å². The minimum Gasteiger partial charge on any atom is -0.463 e. The van der Waals surface area contributed by atoms with E-state index in [1.807, 2.05) is 0 Å². The molecular formula is C27H37BN2O. The molecule has 0 aliphatic rings. The Labute approximate surface area is 188 Å². The maximum Gasteiger partial charge on any atom is 0.467 e. The van der Waals surface area contributed by atoms with Gasteiger partial charge in [0.15, 0.2) is 6.15 Å². The van der Waals surface area contributed by atoms with E-state index in [0.717, 1.165) is 0 Å². The second-order valence-corrected chi connectivity index (χ2v) is 9.80. The quantitative estimate of drug-likeness (QED) is 0.420. The van der Waals surface area contributed by atoms with E-state index in [-0.39, 0.29) is 0 Å². The summed E-state index contributed by atoms with van der Waals surface area (Å²) in [5.41, 5.74) is 7.54. The van der Waals surface area contributed by atoms with Crippen LogP contribution in [0.1, 0.15) is 101 Å². The molecule has 0 aliphatic heterocycles. The average Bonchev–Trinajstić information content (AvgIpc) is 3.15. The number of aliphatic hydroxyl groups excluding tert-OH is 1. The fourth-order valence-electron chi connectivity index (χ4n) is 4.58. The number of hydrogen-bond donors (Lipinski definition) is 1. The highest BCUT2D eigenvalue weighted by molar-refractivity contribution is 6.34. The van der Waals surface area contributed by atoms with Gasteiger partial charge in [-0.25, -0.2) is 0 Å². The van der Waals surface area contributed by atoms with Gasteiger partial charge < -0.3 is 14.1 Å². The molecule has 0 spiro atoms. The van der Waals surface area contributed by atoms with Crippen molar-refractivity contribution in [1.82, 2.24) is 8.95 Å². The number of hydrogen-bond acceptors (Lipinski definition) is 1. The summed E-state index contributed by atoms with van der Waals surface area (Å²) in [5, 5.41) is 10.4. The Morgan fingerprint density at radius 2 is 0.903 bits per heavy atom. The van der Waals surface area contributed by atoms with Gasteiger partial charge in [-0.2, -0.15) is 0 Å². The van der Waals surface area contributed by atoms with Gasteiger partial charge in [0, 0.05) is 11.4 Å². The highest BCUT2D eigenvalue weighted by Crippen LogP contribution is 2.33. The second-order valence-electron chi connectivity index (χ2n) is 9.80. The topological polar surface area (TPSA) is 30.1 Å². The van der Waals surface area contributed by atoms with Crippen molar-refractivity contribution in [2.75, 3.05) is 0 Å². The summed E-state index contributed by atoms with van der Waals surface area (Å²) >= 11 is 0. The zero-order chi connectivity index (χ0) is 22.9. The normalized spacial score (nSPS) is 11.7. The molecule has 0 atom stereocenters. The Morgan fingerprint density at radius 3 is 1.13 bits per heavy atom. The molecule has 3 nitrogen and oxygen atoms in total. The highest BCUT2D eigenvalue weighted by Gasteiger charge is 2.19. The first-order valence-corrected chi connectivity index (χ1v) is 11.6. The SMILES string of the molecule is CC(C)c1cccc(C(C)C)c1-n1ccn(-c2c(C(C)C)cccc2C(C)C)[b-]1=[C+]O. The first-order valence-electron chi connectivity index (χ1n) is 11.6. The summed E-state index contributed by atoms with van der Waals surface area (Å²) in [7, 11) is 0. The van der Waals surface area contributed by atoms with Crippen molar-refractivity contribution in [1.29, 1.82) is 0 Å². The van der Waals surface area contributed by atoms with Crippen molar-refractivity contribution in [3.63, 3.8) is 0 Å². The van der Waals surface area contributed by atoms with Crippen LogP contribution in [0.2, 0.25) is 0 Å². The fourth-order valence-corrected chi connectivity index (χ4v) is 4.58. The minimum atomic E-state index is -0.408. The van der Waals surface area contributed by atoms with Gasteiger partial charge in [-0.05, 0) is 58.3 Å². The summed E-state index contributed by atoms with van der Waals surface area (Å²) in [5.74, 6) is 1.52. The third kappa shape index (κ3) is 4.27. The van der Waals surface area contributed by atoms with Crippen LogP contribution in [0.15, 0.2) is 48.8 Å². The Morgan fingerprint density at radius 1 is 0.613 bits per heavy atom. The van der Waals surface area contributed by atoms with E-state index in [1.165, 1.54) is 33.6 Å². The smallest absolute Gasteiger partial charge is 0.463 e. The molecule has 3 rings (SSSR count). The molecular weight excluding hydrogens is 379 g/mol. The monoisotopic (exact) mass is 416 g/mol. The number of nitrogens with zero attached hydrogens (tertiary/aromatic N) is 2. The molecule has 164 valence electrons. The lowest BCUT2D eigenvalue weighted by atomic mass is 9.89. The molecule has 1 N–H and O–H groups in total. The van der Waals surface area contributed by atoms with Gasteiger partial charge >= 0.3 is 6.27 Å². The first kappa shape index (κ1) is 23.1. The summed E-state index contributed by atoms with van der Waals surface area (Å²) < 4.78 is 4.37. The van der Waals surface area contributed by atoms with Crippen LogP contribution in [-0.4, -0.2) is 20.3 Å². The third-order valence-corrected chi connectivity index (χ3v) is 6.23. The van der Waals surface area contributed by atoms with Crippen molar-refractivity contribution in [3.05, 3.63) is 77.2 Å². The van der Waals surface area contributed by atoms with E-state index in [1.54, 1.807) is 0 Å². The lowest BCUT2D eigenvalue weighted by Gasteiger charge is -2.25. The van der Waals surface area contributed by atoms with Gasteiger partial charge in [-0.1, -0.05) is 91.8 Å². The summed E-state index contributed by atoms with van der Waals surface area (Å²) in [6.45, 7) is 17.8. The Balaban J connectivity index is 2.40. The van der Waals surface area contributed by atoms with Crippen LogP contribution in [0.25, 0.3) is 11.4 Å². The van der Waals surface area contributed by atoms with E-state index in [4.69, 9.17) is 0 Å². The third-order valence-electron chi connectivity index (χ3n) is 6.23. The molecule has 0 amide bonds. The molecule has 1 heterocycles. The zero-order valence-electron chi connectivity index (χ0n) is 20.3. The van der Waals surface area contributed by atoms with Crippen LogP contribution in [0.3, 0.4) is 0 Å². The van der Waals surface area contributed by atoms with E-state index in [0.29, 0.717) is 23.7 Å². The predicted octanol–water partition coefficient (Wildman–Crippen LogP) is 7.29. The molecule has 0 unspecified atom stereocenters. The Bertz CT molecular complexity index is 980. The Hall–Kier alpha value is -2.58. The van der Waals surface area contributed by atoms with Crippen molar-refractivity contribution in [2.24, 2.45) is 0 Å². The molecule has 0 saturated heterocycles. The molecule has 31 heavy (non-hydrogen) atoms. The van der Waals surface area contributed by atoms with Crippen LogP contribution in [-0.2, 0) is 0 Å². The van der Waals surface area contributed by atoms with Crippen molar-refractivity contribution in [2.45, 2.75) is 79.1 Å². The van der Waals surface area contributed by atoms with Crippen molar-refractivity contribution >= 4 is 6.27 Å². The molecule has 0 bridgehead atoms. The molecule has 4 heteroatoms. The fraction of sp³-hybridized carbons (Fsp3) is 0.444. The van der Waals surface area contributed by atoms with Gasteiger partial charge in [0.1, 0.15) is 0 Å². The number of aromatic nitrogens is 2. The van der Waals surface area contributed by atoms with Gasteiger partial charge in [0.05, 0.1) is 0 Å². The van der Waals surface area contributed by atoms with E-state index in [9.17, 15) is 5.11 Å². The zero-order valence-corrected chi connectivity index (χ0v) is 20.3. The molecule has 2 aromatic carbocycles. The number of para-hydroxylation sites is 2. The van der Waals surface area contributed by atoms with Crippen LogP contribution in [0.4, 0.5) is 0 Å². The summed E-state index contributed by atoms with van der Waals surface area (Å²) in [6.07, 6.45) is 6.41. The van der Waals surface area contributed by atoms with Crippen molar-refractivity contribution in [3.8, 4) is 11.4 Å². The van der Waals surface area contributed by atoms with Gasteiger partial charge in [-0.15, -0.1) is 0 Å². The summed E-state index contributed by atoms with van der Waals surface area (Å²) in [4.78, 5) is 0. The van der Waals surface area contributed by atoms with Crippen LogP contribution >= 0.6 is 0 Å². The predicted molar refractivity (Wildman–Crippen MR) is 132 cm³/mol. The molecule has 0 saturated carbocycles.